The van der Waals surface area contributed by atoms with Crippen LogP contribution in [0.2, 0.25) is 0 Å². The van der Waals surface area contributed by atoms with Crippen molar-refractivity contribution in [3.63, 3.8) is 0 Å². The lowest BCUT2D eigenvalue weighted by Gasteiger charge is -2.27. The lowest BCUT2D eigenvalue weighted by molar-refractivity contribution is -0.129. The zero-order chi connectivity index (χ0) is 13.6. The van der Waals surface area contributed by atoms with Crippen LogP contribution in [0.4, 0.5) is 0 Å². The number of nitrogens with one attached hydrogen (secondary N) is 1. The molecule has 1 saturated heterocycles. The van der Waals surface area contributed by atoms with Crippen molar-refractivity contribution in [1.29, 1.82) is 0 Å². The van der Waals surface area contributed by atoms with Gasteiger partial charge in [0.2, 0.25) is 5.91 Å². The fourth-order valence-corrected chi connectivity index (χ4v) is 2.07. The van der Waals surface area contributed by atoms with Crippen LogP contribution in [-0.2, 0) is 9.53 Å². The van der Waals surface area contributed by atoms with Crippen LogP contribution in [0.25, 0.3) is 0 Å². The summed E-state index contributed by atoms with van der Waals surface area (Å²) in [4.78, 5) is 11.9. The van der Waals surface area contributed by atoms with Crippen molar-refractivity contribution in [2.45, 2.75) is 52.1 Å². The molecule has 0 aromatic rings. The van der Waals surface area contributed by atoms with Crippen LogP contribution in [0.1, 0.15) is 46.5 Å². The molecule has 0 radical (unpaired) electrons. The summed E-state index contributed by atoms with van der Waals surface area (Å²) in [5, 5.41) is 13.0. The zero-order valence-corrected chi connectivity index (χ0v) is 11.9. The molecule has 18 heavy (non-hydrogen) atoms. The summed E-state index contributed by atoms with van der Waals surface area (Å²) in [6.07, 6.45) is 3.28. The van der Waals surface area contributed by atoms with Crippen LogP contribution in [0, 0.1) is 11.8 Å². The molecule has 1 rings (SSSR count). The van der Waals surface area contributed by atoms with Crippen molar-refractivity contribution in [2.75, 3.05) is 19.8 Å². The first-order chi connectivity index (χ1) is 8.41. The number of carbonyl (C=O) groups excluding carboxylic acids is 1. The van der Waals surface area contributed by atoms with Gasteiger partial charge in [0.25, 0.3) is 0 Å². The summed E-state index contributed by atoms with van der Waals surface area (Å²) < 4.78 is 5.23. The number of hydrogen-bond acceptors (Lipinski definition) is 3. The molecule has 4 nitrogen and oxygen atoms in total. The predicted octanol–water partition coefficient (Wildman–Crippen LogP) is 1.72. The maximum Gasteiger partial charge on any atom is 0.223 e. The van der Waals surface area contributed by atoms with E-state index >= 15 is 0 Å². The molecule has 106 valence electrons. The Kier molecular flexibility index (Phi) is 6.09. The lowest BCUT2D eigenvalue weighted by atomic mass is 9.94. The molecule has 1 unspecified atom stereocenters. The van der Waals surface area contributed by atoms with E-state index < -0.39 is 5.60 Å². The Labute approximate surface area is 110 Å². The molecule has 2 N–H and O–H groups in total. The third-order valence-electron chi connectivity index (χ3n) is 3.50. The van der Waals surface area contributed by atoms with Gasteiger partial charge in [0.1, 0.15) is 0 Å². The molecule has 1 heterocycles. The van der Waals surface area contributed by atoms with Gasteiger partial charge in [-0.1, -0.05) is 13.8 Å². The predicted molar refractivity (Wildman–Crippen MR) is 71.2 cm³/mol. The summed E-state index contributed by atoms with van der Waals surface area (Å²) in [5.41, 5.74) is -0.800. The lowest BCUT2D eigenvalue weighted by Crippen LogP contribution is -2.43. The van der Waals surface area contributed by atoms with Crippen LogP contribution >= 0.6 is 0 Å². The number of aliphatic hydroxyl groups is 1. The highest BCUT2D eigenvalue weighted by Crippen LogP contribution is 2.17. The van der Waals surface area contributed by atoms with Crippen LogP contribution in [0.15, 0.2) is 0 Å². The quantitative estimate of drug-likeness (QED) is 0.761. The first-order valence-corrected chi connectivity index (χ1v) is 6.98. The molecule has 1 atom stereocenters. The Morgan fingerprint density at radius 3 is 2.61 bits per heavy atom. The summed E-state index contributed by atoms with van der Waals surface area (Å²) in [5.74, 6) is 0.686. The van der Waals surface area contributed by atoms with E-state index in [2.05, 4.69) is 19.2 Å². The van der Waals surface area contributed by atoms with Crippen molar-refractivity contribution in [3.8, 4) is 0 Å². The summed E-state index contributed by atoms with van der Waals surface area (Å²) >= 11 is 0. The molecule has 4 heteroatoms. The highest BCUT2D eigenvalue weighted by molar-refractivity contribution is 5.78. The second-order valence-corrected chi connectivity index (χ2v) is 6.03. The molecule has 1 aliphatic rings. The normalized spacial score (nSPS) is 20.7. The zero-order valence-electron chi connectivity index (χ0n) is 11.9. The average molecular weight is 257 g/mol. The molecule has 1 amide bonds. The van der Waals surface area contributed by atoms with Crippen LogP contribution in [-0.4, -0.2) is 36.4 Å². The van der Waals surface area contributed by atoms with E-state index in [4.69, 9.17) is 4.74 Å². The minimum Gasteiger partial charge on any atom is -0.388 e. The van der Waals surface area contributed by atoms with Gasteiger partial charge in [0.05, 0.1) is 5.60 Å². The highest BCUT2D eigenvalue weighted by Gasteiger charge is 2.25. The summed E-state index contributed by atoms with van der Waals surface area (Å²) in [7, 11) is 0. The Morgan fingerprint density at radius 1 is 1.44 bits per heavy atom. The number of carbonyl (C=O) groups is 1. The van der Waals surface area contributed by atoms with E-state index in [0.29, 0.717) is 25.7 Å². The van der Waals surface area contributed by atoms with E-state index in [9.17, 15) is 9.90 Å². The van der Waals surface area contributed by atoms with Crippen molar-refractivity contribution in [1.82, 2.24) is 5.32 Å². The SMILES string of the molecule is CC(C)CCC(C)(O)CNC(=O)C1CCOCC1. The standard InChI is InChI=1S/C14H27NO3/c1-11(2)4-7-14(3,17)10-15-13(16)12-5-8-18-9-6-12/h11-12,17H,4-10H2,1-3H3,(H,15,16). The highest BCUT2D eigenvalue weighted by atomic mass is 16.5. The van der Waals surface area contributed by atoms with Crippen molar-refractivity contribution in [2.24, 2.45) is 11.8 Å². The van der Waals surface area contributed by atoms with Gasteiger partial charge in [-0.3, -0.25) is 4.79 Å². The van der Waals surface area contributed by atoms with Crippen LogP contribution in [0.3, 0.4) is 0 Å². The van der Waals surface area contributed by atoms with Crippen molar-refractivity contribution < 1.29 is 14.6 Å². The maximum absolute atomic E-state index is 11.9. The fraction of sp³-hybridized carbons (Fsp3) is 0.929. The van der Waals surface area contributed by atoms with Gasteiger partial charge < -0.3 is 15.2 Å². The van der Waals surface area contributed by atoms with Gasteiger partial charge >= 0.3 is 0 Å². The molecule has 0 aromatic carbocycles. The van der Waals surface area contributed by atoms with Crippen LogP contribution < -0.4 is 5.32 Å². The Bertz CT molecular complexity index is 258. The third-order valence-corrected chi connectivity index (χ3v) is 3.50. The molecule has 1 fully saturated rings. The van der Waals surface area contributed by atoms with Gasteiger partial charge in [-0.25, -0.2) is 0 Å². The first kappa shape index (κ1) is 15.4. The number of amides is 1. The number of rotatable bonds is 6. The Hall–Kier alpha value is -0.610. The molecule has 0 spiro atoms. The number of ether oxygens (including phenoxy) is 1. The average Bonchev–Trinajstić information content (AvgIpc) is 2.35. The molecular formula is C14H27NO3. The van der Waals surface area contributed by atoms with Gasteiger partial charge in [0.15, 0.2) is 0 Å². The minimum absolute atomic E-state index is 0.0552. The first-order valence-electron chi connectivity index (χ1n) is 6.98. The van der Waals surface area contributed by atoms with Crippen LogP contribution in [0.5, 0.6) is 0 Å². The maximum atomic E-state index is 11.9. The van der Waals surface area contributed by atoms with E-state index in [1.54, 1.807) is 6.92 Å². The molecule has 0 bridgehead atoms. The second-order valence-electron chi connectivity index (χ2n) is 6.03. The van der Waals surface area contributed by atoms with Crippen molar-refractivity contribution in [3.05, 3.63) is 0 Å². The van der Waals surface area contributed by atoms with E-state index in [0.717, 1.165) is 25.7 Å². The van der Waals surface area contributed by atoms with Gasteiger partial charge in [-0.05, 0) is 38.5 Å². The Morgan fingerprint density at radius 2 is 2.06 bits per heavy atom. The third kappa shape index (κ3) is 5.83. The largest absolute Gasteiger partial charge is 0.388 e. The fourth-order valence-electron chi connectivity index (χ4n) is 2.07. The van der Waals surface area contributed by atoms with Gasteiger partial charge in [-0.15, -0.1) is 0 Å². The molecule has 1 aliphatic heterocycles. The van der Waals surface area contributed by atoms with Crippen molar-refractivity contribution >= 4 is 5.91 Å². The molecule has 0 aromatic heterocycles. The molecule has 0 aliphatic carbocycles. The summed E-state index contributed by atoms with van der Waals surface area (Å²) in [6.45, 7) is 7.74. The van der Waals surface area contributed by atoms with E-state index in [1.165, 1.54) is 0 Å². The molecular weight excluding hydrogens is 230 g/mol. The smallest absolute Gasteiger partial charge is 0.223 e. The monoisotopic (exact) mass is 257 g/mol. The second kappa shape index (κ2) is 7.10. The summed E-state index contributed by atoms with van der Waals surface area (Å²) in [6, 6.07) is 0. The number of hydrogen-bond donors (Lipinski definition) is 2. The van der Waals surface area contributed by atoms with Gasteiger partial charge in [0, 0.05) is 25.7 Å². The van der Waals surface area contributed by atoms with E-state index in [1.807, 2.05) is 0 Å². The van der Waals surface area contributed by atoms with E-state index in [-0.39, 0.29) is 11.8 Å². The topological polar surface area (TPSA) is 58.6 Å². The Balaban J connectivity index is 2.27. The minimum atomic E-state index is -0.800. The van der Waals surface area contributed by atoms with Gasteiger partial charge in [-0.2, -0.15) is 0 Å². The molecule has 0 saturated carbocycles.